The highest BCUT2D eigenvalue weighted by Crippen LogP contribution is 2.30. The molecule has 37 heavy (non-hydrogen) atoms. The van der Waals surface area contributed by atoms with E-state index >= 15 is 0 Å². The van der Waals surface area contributed by atoms with Gasteiger partial charge in [-0.3, -0.25) is 0 Å². The molecule has 5 rings (SSSR count). The zero-order chi connectivity index (χ0) is 25.5. The summed E-state index contributed by atoms with van der Waals surface area (Å²) in [7, 11) is 0. The van der Waals surface area contributed by atoms with Gasteiger partial charge in [0.25, 0.3) is 0 Å². The highest BCUT2D eigenvalue weighted by Gasteiger charge is 2.11. The molecule has 0 spiro atoms. The van der Waals surface area contributed by atoms with Gasteiger partial charge in [0.05, 0.1) is 15.7 Å². The summed E-state index contributed by atoms with van der Waals surface area (Å²) in [6.45, 7) is 1.97. The van der Waals surface area contributed by atoms with Crippen molar-refractivity contribution in [3.05, 3.63) is 106 Å². The van der Waals surface area contributed by atoms with Gasteiger partial charge in [0.1, 0.15) is 12.4 Å². The molecule has 0 aliphatic carbocycles. The molecule has 0 saturated heterocycles. The number of hydrogen-bond donors (Lipinski definition) is 1. The summed E-state index contributed by atoms with van der Waals surface area (Å²) in [5, 5.41) is 19.9. The van der Waals surface area contributed by atoms with Crippen LogP contribution in [-0.4, -0.2) is 32.5 Å². The first-order valence-electron chi connectivity index (χ1n) is 11.9. The molecule has 0 unspecified atom stereocenters. The predicted molar refractivity (Wildman–Crippen MR) is 151 cm³/mol. The van der Waals surface area contributed by atoms with Gasteiger partial charge in [0.15, 0.2) is 0 Å². The van der Waals surface area contributed by atoms with E-state index in [0.717, 1.165) is 46.4 Å². The van der Waals surface area contributed by atoms with Crippen LogP contribution in [0.5, 0.6) is 5.75 Å². The summed E-state index contributed by atoms with van der Waals surface area (Å²) in [5.41, 5.74) is 3.06. The van der Waals surface area contributed by atoms with Gasteiger partial charge in [0.2, 0.25) is 5.16 Å². The second kappa shape index (κ2) is 12.4. The maximum absolute atomic E-state index is 6.24. The number of benzene rings is 4. The monoisotopic (exact) mass is 549 g/mol. The van der Waals surface area contributed by atoms with Crippen molar-refractivity contribution in [3.63, 3.8) is 0 Å². The van der Waals surface area contributed by atoms with Crippen molar-refractivity contribution < 1.29 is 4.74 Å². The molecule has 0 atom stereocenters. The van der Waals surface area contributed by atoms with Crippen molar-refractivity contribution in [3.8, 4) is 11.4 Å². The first kappa shape index (κ1) is 25.5. The number of halogens is 2. The molecule has 5 aromatic rings. The van der Waals surface area contributed by atoms with E-state index in [-0.39, 0.29) is 0 Å². The third-order valence-electron chi connectivity index (χ3n) is 5.85. The van der Waals surface area contributed by atoms with Gasteiger partial charge >= 0.3 is 0 Å². The molecule has 6 nitrogen and oxygen atoms in total. The van der Waals surface area contributed by atoms with Crippen molar-refractivity contribution in [2.24, 2.45) is 0 Å². The van der Waals surface area contributed by atoms with E-state index in [9.17, 15) is 0 Å². The summed E-state index contributed by atoms with van der Waals surface area (Å²) in [4.78, 5) is 0. The Balaban J connectivity index is 1.19. The molecular weight excluding hydrogens is 525 g/mol. The van der Waals surface area contributed by atoms with Gasteiger partial charge in [-0.05, 0) is 70.1 Å². The van der Waals surface area contributed by atoms with Gasteiger partial charge in [-0.2, -0.15) is 4.68 Å². The van der Waals surface area contributed by atoms with Crippen LogP contribution in [0.1, 0.15) is 17.5 Å². The Morgan fingerprint density at radius 1 is 0.892 bits per heavy atom. The minimum Gasteiger partial charge on any atom is -0.489 e. The van der Waals surface area contributed by atoms with Crippen molar-refractivity contribution in [2.45, 2.75) is 24.7 Å². The summed E-state index contributed by atoms with van der Waals surface area (Å²) < 4.78 is 8.01. The third kappa shape index (κ3) is 6.43. The van der Waals surface area contributed by atoms with Crippen LogP contribution in [0, 0.1) is 0 Å². The lowest BCUT2D eigenvalue weighted by Gasteiger charge is -2.15. The number of nitrogens with one attached hydrogen (secondary N) is 1. The van der Waals surface area contributed by atoms with Gasteiger partial charge in [-0.15, -0.1) is 5.10 Å². The molecule has 0 radical (unpaired) electrons. The Morgan fingerprint density at radius 2 is 1.73 bits per heavy atom. The Hall–Kier alpha value is -3.10. The first-order valence-corrected chi connectivity index (χ1v) is 13.7. The third-order valence-corrected chi connectivity index (χ3v) is 7.59. The molecule has 1 N–H and O–H groups in total. The average Bonchev–Trinajstić information content (AvgIpc) is 3.40. The molecule has 1 heterocycles. The van der Waals surface area contributed by atoms with Gasteiger partial charge in [-0.25, -0.2) is 0 Å². The summed E-state index contributed by atoms with van der Waals surface area (Å²) >= 11 is 13.9. The SMILES string of the molecule is Clc1ccc(COc2ccc3ccccc3c2CNCCCSc2nnnn2-c2ccccc2)cc1Cl. The molecule has 0 fully saturated rings. The van der Waals surface area contributed by atoms with Crippen molar-refractivity contribution in [1.82, 2.24) is 25.5 Å². The normalized spacial score (nSPS) is 11.2. The van der Waals surface area contributed by atoms with E-state index in [2.05, 4.69) is 51.2 Å². The number of fused-ring (bicyclic) bond motifs is 1. The van der Waals surface area contributed by atoms with Crippen molar-refractivity contribution in [1.29, 1.82) is 0 Å². The fraction of sp³-hybridized carbons (Fsp3) is 0.179. The molecule has 0 aliphatic heterocycles. The number of para-hydroxylation sites is 1. The maximum atomic E-state index is 6.24. The Bertz CT molecular complexity index is 1480. The van der Waals surface area contributed by atoms with E-state index in [0.29, 0.717) is 23.2 Å². The molecule has 0 bridgehead atoms. The van der Waals surface area contributed by atoms with E-state index < -0.39 is 0 Å². The smallest absolute Gasteiger partial charge is 0.214 e. The van der Waals surface area contributed by atoms with E-state index in [4.69, 9.17) is 27.9 Å². The standard InChI is InChI=1S/C28H25Cl2N5OS/c29-25-13-11-20(17-26(25)30)19-36-27-14-12-21-7-4-5-10-23(21)24(27)18-31-15-6-16-37-28-32-33-34-35(28)22-8-2-1-3-9-22/h1-5,7-14,17,31H,6,15-16,18-19H2. The summed E-state index contributed by atoms with van der Waals surface area (Å²) in [6.07, 6.45) is 0.969. The number of tetrazole rings is 1. The topological polar surface area (TPSA) is 64.9 Å². The minimum atomic E-state index is 0.412. The number of thioether (sulfide) groups is 1. The number of ether oxygens (including phenoxy) is 1. The molecule has 9 heteroatoms. The van der Waals surface area contributed by atoms with Crippen molar-refractivity contribution >= 4 is 45.7 Å². The van der Waals surface area contributed by atoms with Crippen LogP contribution >= 0.6 is 35.0 Å². The first-order chi connectivity index (χ1) is 18.2. The zero-order valence-electron chi connectivity index (χ0n) is 20.0. The van der Waals surface area contributed by atoms with Gasteiger partial charge in [-0.1, -0.05) is 89.6 Å². The Labute approximate surface area is 229 Å². The zero-order valence-corrected chi connectivity index (χ0v) is 22.3. The Kier molecular flexibility index (Phi) is 8.58. The number of nitrogens with zero attached hydrogens (tertiary/aromatic N) is 4. The largest absolute Gasteiger partial charge is 0.489 e. The fourth-order valence-electron chi connectivity index (χ4n) is 4.00. The molecule has 0 saturated carbocycles. The van der Waals surface area contributed by atoms with Crippen LogP contribution in [0.15, 0.2) is 90.1 Å². The predicted octanol–water partition coefficient (Wildman–Crippen LogP) is 6.97. The maximum Gasteiger partial charge on any atom is 0.214 e. The fourth-order valence-corrected chi connectivity index (χ4v) is 5.15. The second-order valence-electron chi connectivity index (χ2n) is 8.39. The van der Waals surface area contributed by atoms with Crippen molar-refractivity contribution in [2.75, 3.05) is 12.3 Å². The summed E-state index contributed by atoms with van der Waals surface area (Å²) in [6, 6.07) is 28.0. The lowest BCUT2D eigenvalue weighted by molar-refractivity contribution is 0.303. The lowest BCUT2D eigenvalue weighted by atomic mass is 10.0. The number of aromatic nitrogens is 4. The van der Waals surface area contributed by atoms with Crippen LogP contribution in [-0.2, 0) is 13.2 Å². The van der Waals surface area contributed by atoms with Crippen LogP contribution in [0.25, 0.3) is 16.5 Å². The highest BCUT2D eigenvalue weighted by molar-refractivity contribution is 7.99. The Morgan fingerprint density at radius 3 is 2.59 bits per heavy atom. The van der Waals surface area contributed by atoms with E-state index in [1.165, 1.54) is 10.8 Å². The molecule has 0 aliphatic rings. The van der Waals surface area contributed by atoms with Crippen LogP contribution in [0.4, 0.5) is 0 Å². The van der Waals surface area contributed by atoms with Crippen LogP contribution in [0.2, 0.25) is 10.0 Å². The van der Waals surface area contributed by atoms with Gasteiger partial charge < -0.3 is 10.1 Å². The van der Waals surface area contributed by atoms with E-state index in [1.807, 2.05) is 48.5 Å². The van der Waals surface area contributed by atoms with E-state index in [1.54, 1.807) is 22.5 Å². The summed E-state index contributed by atoms with van der Waals surface area (Å²) in [5.74, 6) is 1.75. The minimum absolute atomic E-state index is 0.412. The van der Waals surface area contributed by atoms with Gasteiger partial charge in [0, 0.05) is 17.9 Å². The molecule has 188 valence electrons. The molecule has 1 aromatic heterocycles. The quantitative estimate of drug-likeness (QED) is 0.142. The number of hydrogen-bond acceptors (Lipinski definition) is 6. The molecule has 0 amide bonds. The van der Waals surface area contributed by atoms with Crippen LogP contribution in [0.3, 0.4) is 0 Å². The average molecular weight is 551 g/mol. The second-order valence-corrected chi connectivity index (χ2v) is 10.3. The van der Waals surface area contributed by atoms with Crippen LogP contribution < -0.4 is 10.1 Å². The highest BCUT2D eigenvalue weighted by atomic mass is 35.5. The molecule has 4 aromatic carbocycles. The molecular formula is C28H25Cl2N5OS. The lowest BCUT2D eigenvalue weighted by Crippen LogP contribution is -2.16. The number of rotatable bonds is 11.